The van der Waals surface area contributed by atoms with Crippen LogP contribution in [0.25, 0.3) is 0 Å². The molecule has 0 aromatic carbocycles. The van der Waals surface area contributed by atoms with Crippen molar-refractivity contribution in [3.63, 3.8) is 0 Å². The van der Waals surface area contributed by atoms with Crippen molar-refractivity contribution in [2.24, 2.45) is 11.3 Å². The smallest absolute Gasteiger partial charge is 0.328 e. The van der Waals surface area contributed by atoms with E-state index in [9.17, 15) is 4.79 Å². The van der Waals surface area contributed by atoms with Gasteiger partial charge in [0.1, 0.15) is 0 Å². The second kappa shape index (κ2) is 5.35. The van der Waals surface area contributed by atoms with Gasteiger partial charge in [0, 0.05) is 12.0 Å². The summed E-state index contributed by atoms with van der Waals surface area (Å²) in [6.07, 6.45) is 8.73. The molecule has 0 aliphatic heterocycles. The van der Waals surface area contributed by atoms with Crippen molar-refractivity contribution < 1.29 is 9.90 Å². The molecule has 0 amide bonds. The lowest BCUT2D eigenvalue weighted by molar-refractivity contribution is -0.131. The third-order valence-electron chi connectivity index (χ3n) is 3.50. The van der Waals surface area contributed by atoms with E-state index in [1.54, 1.807) is 0 Å². The highest BCUT2D eigenvalue weighted by Crippen LogP contribution is 2.43. The zero-order valence-corrected chi connectivity index (χ0v) is 11.0. The Hall–Kier alpha value is -1.31. The van der Waals surface area contributed by atoms with Crippen molar-refractivity contribution in [2.75, 3.05) is 0 Å². The molecule has 1 fully saturated rings. The number of carboxylic acids is 1. The minimum Gasteiger partial charge on any atom is -0.478 e. The molecule has 94 valence electrons. The normalized spacial score (nSPS) is 25.2. The van der Waals surface area contributed by atoms with E-state index >= 15 is 0 Å². The molecule has 1 aliphatic rings. The molecule has 1 N–H and O–H groups in total. The maximum atomic E-state index is 10.5. The quantitative estimate of drug-likeness (QED) is 0.456. The van der Waals surface area contributed by atoms with E-state index in [1.165, 1.54) is 24.5 Å². The van der Waals surface area contributed by atoms with Gasteiger partial charge in [0.2, 0.25) is 0 Å². The first-order valence-corrected chi connectivity index (χ1v) is 6.10. The largest absolute Gasteiger partial charge is 0.478 e. The Kier molecular flexibility index (Phi) is 4.33. The second-order valence-electron chi connectivity index (χ2n) is 5.56. The summed E-state index contributed by atoms with van der Waals surface area (Å²) in [5.74, 6) is -0.540. The predicted molar refractivity (Wildman–Crippen MR) is 70.8 cm³/mol. The van der Waals surface area contributed by atoms with Crippen molar-refractivity contribution >= 4 is 5.97 Å². The molecule has 2 nitrogen and oxygen atoms in total. The van der Waals surface area contributed by atoms with E-state index in [-0.39, 0.29) is 5.41 Å². The topological polar surface area (TPSA) is 37.3 Å². The molecule has 1 saturated carbocycles. The van der Waals surface area contributed by atoms with Gasteiger partial charge in [-0.05, 0) is 37.2 Å². The molecule has 0 heterocycles. The van der Waals surface area contributed by atoms with Gasteiger partial charge in [-0.1, -0.05) is 38.2 Å². The standard InChI is InChI=1S/C15H22O2/c1-11(10-14(16)17)7-8-13-12(2)6-5-9-15(13,3)4/h7-8,10,13H,2,5-6,9H2,1,3-4H3,(H,16,17)/b8-7+,11-10+. The average Bonchev–Trinajstić information content (AvgIpc) is 2.14. The lowest BCUT2D eigenvalue weighted by atomic mass is 9.66. The first kappa shape index (κ1) is 13.8. The Balaban J connectivity index is 2.81. The van der Waals surface area contributed by atoms with Crippen molar-refractivity contribution in [1.82, 2.24) is 0 Å². The van der Waals surface area contributed by atoms with Crippen molar-refractivity contribution in [3.8, 4) is 0 Å². The van der Waals surface area contributed by atoms with Gasteiger partial charge < -0.3 is 5.11 Å². The van der Waals surface area contributed by atoms with Crippen LogP contribution in [-0.4, -0.2) is 11.1 Å². The fourth-order valence-electron chi connectivity index (χ4n) is 2.52. The summed E-state index contributed by atoms with van der Waals surface area (Å²) >= 11 is 0. The summed E-state index contributed by atoms with van der Waals surface area (Å²) in [6, 6.07) is 0. The predicted octanol–water partition coefficient (Wildman–Crippen LogP) is 3.96. The molecule has 17 heavy (non-hydrogen) atoms. The van der Waals surface area contributed by atoms with Crippen LogP contribution in [0, 0.1) is 11.3 Å². The second-order valence-corrected chi connectivity index (χ2v) is 5.56. The maximum absolute atomic E-state index is 10.5. The van der Waals surface area contributed by atoms with Crippen LogP contribution in [0.4, 0.5) is 0 Å². The Morgan fingerprint density at radius 1 is 1.53 bits per heavy atom. The number of aliphatic carboxylic acids is 1. The molecular weight excluding hydrogens is 212 g/mol. The van der Waals surface area contributed by atoms with Crippen LogP contribution < -0.4 is 0 Å². The van der Waals surface area contributed by atoms with Gasteiger partial charge >= 0.3 is 5.97 Å². The minimum atomic E-state index is -0.895. The average molecular weight is 234 g/mol. The molecule has 0 aromatic rings. The molecule has 0 spiro atoms. The van der Waals surface area contributed by atoms with Crippen LogP contribution in [0.2, 0.25) is 0 Å². The number of carboxylic acid groups (broad SMARTS) is 1. The number of hydrogen-bond acceptors (Lipinski definition) is 1. The molecule has 1 atom stereocenters. The lowest BCUT2D eigenvalue weighted by Crippen LogP contribution is -2.27. The van der Waals surface area contributed by atoms with Gasteiger partial charge in [0.25, 0.3) is 0 Å². The summed E-state index contributed by atoms with van der Waals surface area (Å²) in [7, 11) is 0. The molecule has 0 radical (unpaired) electrons. The highest BCUT2D eigenvalue weighted by molar-refractivity contribution is 5.81. The highest BCUT2D eigenvalue weighted by Gasteiger charge is 2.32. The monoisotopic (exact) mass is 234 g/mol. The minimum absolute atomic E-state index is 0.231. The number of carbonyl (C=O) groups is 1. The molecule has 1 unspecified atom stereocenters. The van der Waals surface area contributed by atoms with E-state index in [1.807, 2.05) is 13.0 Å². The summed E-state index contributed by atoms with van der Waals surface area (Å²) in [5.41, 5.74) is 2.27. The van der Waals surface area contributed by atoms with Crippen molar-refractivity contribution in [1.29, 1.82) is 0 Å². The van der Waals surface area contributed by atoms with Crippen molar-refractivity contribution in [3.05, 3.63) is 36.0 Å². The van der Waals surface area contributed by atoms with Crippen LogP contribution >= 0.6 is 0 Å². The summed E-state index contributed by atoms with van der Waals surface area (Å²) in [5, 5.41) is 8.65. The maximum Gasteiger partial charge on any atom is 0.328 e. The summed E-state index contributed by atoms with van der Waals surface area (Å²) in [6.45, 7) is 10.5. The van der Waals surface area contributed by atoms with Crippen molar-refractivity contribution in [2.45, 2.75) is 40.0 Å². The van der Waals surface area contributed by atoms with Gasteiger partial charge in [-0.25, -0.2) is 4.79 Å². The van der Waals surface area contributed by atoms with E-state index in [0.717, 1.165) is 12.0 Å². The van der Waals surface area contributed by atoms with E-state index in [2.05, 4.69) is 26.5 Å². The molecule has 2 heteroatoms. The van der Waals surface area contributed by atoms with Gasteiger partial charge in [0.05, 0.1) is 0 Å². The Morgan fingerprint density at radius 2 is 2.18 bits per heavy atom. The Labute approximate surface area is 104 Å². The van der Waals surface area contributed by atoms with E-state index in [0.29, 0.717) is 5.92 Å². The van der Waals surface area contributed by atoms with Gasteiger partial charge in [-0.3, -0.25) is 0 Å². The lowest BCUT2D eigenvalue weighted by Gasteiger charge is -2.38. The number of rotatable bonds is 3. The van der Waals surface area contributed by atoms with E-state index < -0.39 is 5.97 Å². The zero-order chi connectivity index (χ0) is 13.1. The summed E-state index contributed by atoms with van der Waals surface area (Å²) in [4.78, 5) is 10.5. The third kappa shape index (κ3) is 3.88. The van der Waals surface area contributed by atoms with Gasteiger partial charge in [0.15, 0.2) is 0 Å². The molecule has 1 aliphatic carbocycles. The zero-order valence-electron chi connectivity index (χ0n) is 11.0. The Morgan fingerprint density at radius 3 is 2.71 bits per heavy atom. The summed E-state index contributed by atoms with van der Waals surface area (Å²) < 4.78 is 0. The molecule has 0 aromatic heterocycles. The molecule has 0 saturated heterocycles. The number of hydrogen-bond donors (Lipinski definition) is 1. The fourth-order valence-corrected chi connectivity index (χ4v) is 2.52. The third-order valence-corrected chi connectivity index (χ3v) is 3.50. The van der Waals surface area contributed by atoms with Crippen LogP contribution in [0.1, 0.15) is 40.0 Å². The SMILES string of the molecule is C=C1CCCC(C)(C)C1/C=C/C(C)=C/C(=O)O. The first-order chi connectivity index (χ1) is 7.83. The van der Waals surface area contributed by atoms with Crippen LogP contribution in [0.3, 0.4) is 0 Å². The number of allylic oxidation sites excluding steroid dienone is 4. The molecular formula is C15H22O2. The van der Waals surface area contributed by atoms with Gasteiger partial charge in [-0.15, -0.1) is 0 Å². The fraction of sp³-hybridized carbons (Fsp3) is 0.533. The van der Waals surface area contributed by atoms with Gasteiger partial charge in [-0.2, -0.15) is 0 Å². The Bertz CT molecular complexity index is 372. The molecule has 1 rings (SSSR count). The highest BCUT2D eigenvalue weighted by atomic mass is 16.4. The van der Waals surface area contributed by atoms with Crippen LogP contribution in [-0.2, 0) is 4.79 Å². The van der Waals surface area contributed by atoms with Crippen LogP contribution in [0.15, 0.2) is 36.0 Å². The first-order valence-electron chi connectivity index (χ1n) is 6.10. The molecule has 0 bridgehead atoms. The van der Waals surface area contributed by atoms with E-state index in [4.69, 9.17) is 5.11 Å². The van der Waals surface area contributed by atoms with Crippen LogP contribution in [0.5, 0.6) is 0 Å².